The predicted molar refractivity (Wildman–Crippen MR) is 62.0 cm³/mol. The van der Waals surface area contributed by atoms with Crippen LogP contribution in [0.25, 0.3) is 17.1 Å². The van der Waals surface area contributed by atoms with Crippen LogP contribution in [0.1, 0.15) is 12.7 Å². The first-order valence-corrected chi connectivity index (χ1v) is 5.29. The predicted octanol–water partition coefficient (Wildman–Crippen LogP) is 2.43. The van der Waals surface area contributed by atoms with Crippen LogP contribution in [-0.4, -0.2) is 20.6 Å². The van der Waals surface area contributed by atoms with Crippen LogP contribution in [0.4, 0.5) is 8.78 Å². The second-order valence-electron chi connectivity index (χ2n) is 3.64. The second-order valence-corrected chi connectivity index (χ2v) is 3.64. The third-order valence-corrected chi connectivity index (χ3v) is 2.49. The van der Waals surface area contributed by atoms with E-state index in [9.17, 15) is 13.6 Å². The lowest BCUT2D eigenvalue weighted by atomic mass is 10.3. The number of aromatic nitrogens is 2. The van der Waals surface area contributed by atoms with E-state index >= 15 is 0 Å². The second kappa shape index (κ2) is 4.56. The molecule has 1 N–H and O–H groups in total. The molecule has 0 saturated carbocycles. The average molecular weight is 252 g/mol. The number of carbonyl (C=O) groups is 1. The summed E-state index contributed by atoms with van der Waals surface area (Å²) in [6.45, 7) is 2.21. The minimum Gasteiger partial charge on any atom is -0.478 e. The molecule has 0 aliphatic carbocycles. The molecule has 0 fully saturated rings. The molecule has 0 bridgehead atoms. The largest absolute Gasteiger partial charge is 0.478 e. The zero-order valence-corrected chi connectivity index (χ0v) is 9.52. The summed E-state index contributed by atoms with van der Waals surface area (Å²) in [7, 11) is 0. The maximum atomic E-state index is 13.5. The van der Waals surface area contributed by atoms with E-state index < -0.39 is 17.6 Å². The van der Waals surface area contributed by atoms with E-state index in [1.165, 1.54) is 12.1 Å². The molecule has 0 aliphatic heterocycles. The van der Waals surface area contributed by atoms with Gasteiger partial charge in [-0.25, -0.2) is 18.6 Å². The van der Waals surface area contributed by atoms with Crippen LogP contribution >= 0.6 is 0 Å². The first kappa shape index (κ1) is 12.2. The zero-order chi connectivity index (χ0) is 13.3. The summed E-state index contributed by atoms with van der Waals surface area (Å²) in [6, 6.07) is 1.92. The molecule has 2 aromatic rings. The molecule has 1 aromatic heterocycles. The Morgan fingerprint density at radius 3 is 2.83 bits per heavy atom. The Morgan fingerprint density at radius 1 is 1.50 bits per heavy atom. The number of nitrogens with zero attached hydrogens (tertiary/aromatic N) is 2. The summed E-state index contributed by atoms with van der Waals surface area (Å²) in [5.41, 5.74) is 0.336. The summed E-state index contributed by atoms with van der Waals surface area (Å²) in [5.74, 6) is -2.30. The van der Waals surface area contributed by atoms with E-state index in [1.54, 1.807) is 11.5 Å². The molecule has 18 heavy (non-hydrogen) atoms. The molecule has 4 nitrogen and oxygen atoms in total. The molecule has 1 heterocycles. The Labute approximate surface area is 101 Å². The maximum Gasteiger partial charge on any atom is 0.328 e. The summed E-state index contributed by atoms with van der Waals surface area (Å²) >= 11 is 0. The minimum atomic E-state index is -1.13. The van der Waals surface area contributed by atoms with Crippen LogP contribution in [0.15, 0.2) is 18.2 Å². The maximum absolute atomic E-state index is 13.5. The molecule has 0 aliphatic rings. The van der Waals surface area contributed by atoms with E-state index in [2.05, 4.69) is 4.98 Å². The molecule has 1 aromatic carbocycles. The molecular weight excluding hydrogens is 242 g/mol. The van der Waals surface area contributed by atoms with Crippen LogP contribution < -0.4 is 0 Å². The van der Waals surface area contributed by atoms with E-state index in [4.69, 9.17) is 5.11 Å². The van der Waals surface area contributed by atoms with Crippen molar-refractivity contribution < 1.29 is 18.7 Å². The fourth-order valence-corrected chi connectivity index (χ4v) is 1.77. The van der Waals surface area contributed by atoms with Crippen molar-refractivity contribution in [3.05, 3.63) is 35.7 Å². The van der Waals surface area contributed by atoms with Crippen LogP contribution in [0.2, 0.25) is 0 Å². The number of carboxylic acids is 1. The molecule has 0 amide bonds. The van der Waals surface area contributed by atoms with Gasteiger partial charge in [-0.05, 0) is 19.1 Å². The number of carboxylic acid groups (broad SMARTS) is 1. The number of fused-ring (bicyclic) bond motifs is 1. The lowest BCUT2D eigenvalue weighted by Gasteiger charge is -2.02. The number of hydrogen-bond acceptors (Lipinski definition) is 2. The minimum absolute atomic E-state index is 0.0308. The molecule has 94 valence electrons. The SMILES string of the molecule is CCn1c(/C=C/C(=O)O)nc2c(F)cc(F)cc21. The van der Waals surface area contributed by atoms with E-state index in [0.29, 0.717) is 12.1 Å². The van der Waals surface area contributed by atoms with E-state index in [-0.39, 0.29) is 11.3 Å². The van der Waals surface area contributed by atoms with Gasteiger partial charge in [0.15, 0.2) is 5.82 Å². The van der Waals surface area contributed by atoms with Crippen molar-refractivity contribution in [2.45, 2.75) is 13.5 Å². The molecule has 0 unspecified atom stereocenters. The Morgan fingerprint density at radius 2 is 2.22 bits per heavy atom. The molecule has 2 rings (SSSR count). The van der Waals surface area contributed by atoms with Crippen molar-refractivity contribution in [3.8, 4) is 0 Å². The molecule has 0 radical (unpaired) electrons. The Hall–Kier alpha value is -2.24. The highest BCUT2D eigenvalue weighted by atomic mass is 19.1. The standard InChI is InChI=1S/C12H10F2N2O2/c1-2-16-9-6-7(13)5-8(14)12(9)15-10(16)3-4-11(17)18/h3-6H,2H2,1H3,(H,17,18)/b4-3+. The van der Waals surface area contributed by atoms with Crippen LogP contribution in [0.5, 0.6) is 0 Å². The number of aliphatic carboxylic acids is 1. The van der Waals surface area contributed by atoms with Crippen molar-refractivity contribution >= 4 is 23.1 Å². The Balaban J connectivity index is 2.68. The van der Waals surface area contributed by atoms with Gasteiger partial charge in [-0.1, -0.05) is 0 Å². The van der Waals surface area contributed by atoms with Gasteiger partial charge in [0.25, 0.3) is 0 Å². The number of rotatable bonds is 3. The zero-order valence-electron chi connectivity index (χ0n) is 9.52. The average Bonchev–Trinajstić information content (AvgIpc) is 2.64. The first-order chi connectivity index (χ1) is 8.52. The molecule has 6 heteroatoms. The normalized spacial score (nSPS) is 11.5. The molecular formula is C12H10F2N2O2. The van der Waals surface area contributed by atoms with Gasteiger partial charge in [-0.3, -0.25) is 0 Å². The van der Waals surface area contributed by atoms with Gasteiger partial charge >= 0.3 is 5.97 Å². The fraction of sp³-hybridized carbons (Fsp3) is 0.167. The van der Waals surface area contributed by atoms with Crippen molar-refractivity contribution in [1.82, 2.24) is 9.55 Å². The number of imidazole rings is 1. The van der Waals surface area contributed by atoms with Gasteiger partial charge in [0.05, 0.1) is 5.52 Å². The summed E-state index contributed by atoms with van der Waals surface area (Å²) < 4.78 is 28.2. The van der Waals surface area contributed by atoms with Crippen molar-refractivity contribution in [3.63, 3.8) is 0 Å². The van der Waals surface area contributed by atoms with E-state index in [1.807, 2.05) is 0 Å². The number of hydrogen-bond donors (Lipinski definition) is 1. The van der Waals surface area contributed by atoms with Crippen LogP contribution in [0.3, 0.4) is 0 Å². The highest BCUT2D eigenvalue weighted by molar-refractivity contribution is 5.86. The lowest BCUT2D eigenvalue weighted by Crippen LogP contribution is -1.98. The van der Waals surface area contributed by atoms with Crippen LogP contribution in [0, 0.1) is 11.6 Å². The molecule has 0 atom stereocenters. The van der Waals surface area contributed by atoms with Crippen LogP contribution in [-0.2, 0) is 11.3 Å². The number of benzene rings is 1. The monoisotopic (exact) mass is 252 g/mol. The van der Waals surface area contributed by atoms with Gasteiger partial charge < -0.3 is 9.67 Å². The van der Waals surface area contributed by atoms with Gasteiger partial charge in [0.2, 0.25) is 0 Å². The van der Waals surface area contributed by atoms with E-state index in [0.717, 1.165) is 12.1 Å². The molecule has 0 saturated heterocycles. The fourth-order valence-electron chi connectivity index (χ4n) is 1.77. The first-order valence-electron chi connectivity index (χ1n) is 5.29. The van der Waals surface area contributed by atoms with Crippen molar-refractivity contribution in [2.75, 3.05) is 0 Å². The number of halogens is 2. The Kier molecular flexibility index (Phi) is 3.10. The van der Waals surface area contributed by atoms with Gasteiger partial charge in [0.1, 0.15) is 17.2 Å². The third kappa shape index (κ3) is 2.09. The van der Waals surface area contributed by atoms with Crippen molar-refractivity contribution in [2.24, 2.45) is 0 Å². The summed E-state index contributed by atoms with van der Waals surface area (Å²) in [5, 5.41) is 8.55. The lowest BCUT2D eigenvalue weighted by molar-refractivity contribution is -0.131. The van der Waals surface area contributed by atoms with Crippen molar-refractivity contribution in [1.29, 1.82) is 0 Å². The topological polar surface area (TPSA) is 55.1 Å². The van der Waals surface area contributed by atoms with Gasteiger partial charge in [-0.15, -0.1) is 0 Å². The summed E-state index contributed by atoms with van der Waals surface area (Å²) in [6.07, 6.45) is 2.16. The summed E-state index contributed by atoms with van der Waals surface area (Å²) in [4.78, 5) is 14.4. The third-order valence-electron chi connectivity index (χ3n) is 2.49. The Bertz CT molecular complexity index is 647. The highest BCUT2D eigenvalue weighted by Gasteiger charge is 2.13. The highest BCUT2D eigenvalue weighted by Crippen LogP contribution is 2.21. The van der Waals surface area contributed by atoms with Gasteiger partial charge in [0, 0.05) is 18.7 Å². The quantitative estimate of drug-likeness (QED) is 0.853. The smallest absolute Gasteiger partial charge is 0.328 e. The molecule has 0 spiro atoms. The van der Waals surface area contributed by atoms with Gasteiger partial charge in [-0.2, -0.15) is 0 Å². The number of aryl methyl sites for hydroxylation is 1.